The highest BCUT2D eigenvalue weighted by Gasteiger charge is 2.12. The number of ether oxygens (including phenoxy) is 1. The Balaban J connectivity index is 2.88. The van der Waals surface area contributed by atoms with E-state index in [1.807, 2.05) is 0 Å². The first-order valence-corrected chi connectivity index (χ1v) is 4.29. The average molecular weight is 267 g/mol. The molecule has 0 spiro atoms. The van der Waals surface area contributed by atoms with Crippen LogP contribution in [-0.4, -0.2) is 17.7 Å². The number of carboxylic acids is 1. The molecule has 0 saturated carbocycles. The van der Waals surface area contributed by atoms with Crippen LogP contribution in [0.2, 0.25) is 0 Å². The Morgan fingerprint density at radius 2 is 2.14 bits per heavy atom. The van der Waals surface area contributed by atoms with E-state index in [1.165, 1.54) is 0 Å². The smallest absolute Gasteiger partial charge is 0.341 e. The summed E-state index contributed by atoms with van der Waals surface area (Å²) in [5, 5.41) is 8.26. The third-order valence-corrected chi connectivity index (χ3v) is 2.08. The van der Waals surface area contributed by atoms with Crippen LogP contribution in [0.1, 0.15) is 0 Å². The van der Waals surface area contributed by atoms with Crippen molar-refractivity contribution in [1.82, 2.24) is 0 Å². The molecule has 1 N–H and O–H groups in total. The van der Waals surface area contributed by atoms with Crippen molar-refractivity contribution in [2.75, 3.05) is 6.61 Å². The van der Waals surface area contributed by atoms with E-state index in [-0.39, 0.29) is 10.2 Å². The molecule has 1 rings (SSSR count). The predicted molar refractivity (Wildman–Crippen MR) is 47.2 cm³/mol. The molecule has 0 aliphatic carbocycles. The summed E-state index contributed by atoms with van der Waals surface area (Å²) in [5.74, 6) is -3.26. The standard InChI is InChI=1S/C8H5BrF2O3/c9-7-4(10)1-2-5(8(7)11)14-3-6(12)13/h1-2H,3H2,(H,12,13). The van der Waals surface area contributed by atoms with E-state index in [1.54, 1.807) is 0 Å². The molecule has 0 amide bonds. The number of carboxylic acid groups (broad SMARTS) is 1. The number of rotatable bonds is 3. The second-order valence-corrected chi connectivity index (χ2v) is 3.15. The Bertz CT molecular complexity index is 368. The molecule has 0 heterocycles. The summed E-state index contributed by atoms with van der Waals surface area (Å²) in [6.07, 6.45) is 0. The average Bonchev–Trinajstić information content (AvgIpc) is 2.13. The Morgan fingerprint density at radius 3 is 2.71 bits per heavy atom. The fourth-order valence-corrected chi connectivity index (χ4v) is 1.09. The lowest BCUT2D eigenvalue weighted by Gasteiger charge is -2.05. The largest absolute Gasteiger partial charge is 0.479 e. The molecule has 0 saturated heterocycles. The van der Waals surface area contributed by atoms with Gasteiger partial charge in [0.05, 0.1) is 4.47 Å². The maximum absolute atomic E-state index is 13.1. The first-order valence-electron chi connectivity index (χ1n) is 3.50. The SMILES string of the molecule is O=C(O)COc1ccc(F)c(Br)c1F. The zero-order chi connectivity index (χ0) is 10.7. The van der Waals surface area contributed by atoms with Gasteiger partial charge in [-0.1, -0.05) is 0 Å². The molecular weight excluding hydrogens is 262 g/mol. The molecule has 0 aromatic heterocycles. The van der Waals surface area contributed by atoms with E-state index in [0.29, 0.717) is 0 Å². The van der Waals surface area contributed by atoms with Gasteiger partial charge in [-0.3, -0.25) is 0 Å². The summed E-state index contributed by atoms with van der Waals surface area (Å²) in [7, 11) is 0. The summed E-state index contributed by atoms with van der Waals surface area (Å²) in [6.45, 7) is -0.672. The Labute approximate surface area is 86.4 Å². The van der Waals surface area contributed by atoms with E-state index >= 15 is 0 Å². The van der Waals surface area contributed by atoms with Crippen molar-refractivity contribution in [2.45, 2.75) is 0 Å². The van der Waals surface area contributed by atoms with Crippen LogP contribution in [0.4, 0.5) is 8.78 Å². The van der Waals surface area contributed by atoms with Crippen molar-refractivity contribution in [3.05, 3.63) is 28.2 Å². The van der Waals surface area contributed by atoms with Crippen LogP contribution in [0.3, 0.4) is 0 Å². The number of carbonyl (C=O) groups is 1. The van der Waals surface area contributed by atoms with Crippen molar-refractivity contribution >= 4 is 21.9 Å². The third kappa shape index (κ3) is 2.41. The van der Waals surface area contributed by atoms with Crippen LogP contribution >= 0.6 is 15.9 Å². The number of benzene rings is 1. The minimum Gasteiger partial charge on any atom is -0.479 e. The maximum atomic E-state index is 13.1. The summed E-state index contributed by atoms with van der Waals surface area (Å²) < 4.78 is 30.0. The second-order valence-electron chi connectivity index (χ2n) is 2.36. The molecule has 0 unspecified atom stereocenters. The molecule has 76 valence electrons. The van der Waals surface area contributed by atoms with Crippen LogP contribution in [0.15, 0.2) is 16.6 Å². The van der Waals surface area contributed by atoms with Gasteiger partial charge in [0.15, 0.2) is 18.2 Å². The molecule has 0 aliphatic heterocycles. The minimum atomic E-state index is -1.23. The molecule has 0 atom stereocenters. The van der Waals surface area contributed by atoms with Gasteiger partial charge >= 0.3 is 5.97 Å². The number of hydrogen-bond donors (Lipinski definition) is 1. The lowest BCUT2D eigenvalue weighted by atomic mass is 10.3. The van der Waals surface area contributed by atoms with Gasteiger partial charge in [-0.05, 0) is 28.1 Å². The number of hydrogen-bond acceptors (Lipinski definition) is 2. The van der Waals surface area contributed by atoms with E-state index in [2.05, 4.69) is 20.7 Å². The van der Waals surface area contributed by atoms with E-state index in [4.69, 9.17) is 5.11 Å². The first-order chi connectivity index (χ1) is 6.52. The molecule has 0 aliphatic rings. The highest BCUT2D eigenvalue weighted by atomic mass is 79.9. The van der Waals surface area contributed by atoms with Gasteiger partial charge < -0.3 is 9.84 Å². The monoisotopic (exact) mass is 266 g/mol. The maximum Gasteiger partial charge on any atom is 0.341 e. The van der Waals surface area contributed by atoms with Crippen molar-refractivity contribution in [1.29, 1.82) is 0 Å². The van der Waals surface area contributed by atoms with Crippen molar-refractivity contribution < 1.29 is 23.4 Å². The quantitative estimate of drug-likeness (QED) is 0.854. The first kappa shape index (κ1) is 10.9. The van der Waals surface area contributed by atoms with Gasteiger partial charge in [0, 0.05) is 0 Å². The van der Waals surface area contributed by atoms with Gasteiger partial charge in [-0.2, -0.15) is 0 Å². The van der Waals surface area contributed by atoms with Gasteiger partial charge in [0.25, 0.3) is 0 Å². The fourth-order valence-electron chi connectivity index (χ4n) is 0.759. The molecule has 1 aromatic carbocycles. The highest BCUT2D eigenvalue weighted by molar-refractivity contribution is 9.10. The Morgan fingerprint density at radius 1 is 1.50 bits per heavy atom. The van der Waals surface area contributed by atoms with Gasteiger partial charge in [-0.25, -0.2) is 13.6 Å². The van der Waals surface area contributed by atoms with Crippen LogP contribution in [0, 0.1) is 11.6 Å². The molecule has 0 fully saturated rings. The topological polar surface area (TPSA) is 46.5 Å². The lowest BCUT2D eigenvalue weighted by Crippen LogP contribution is -2.10. The second kappa shape index (κ2) is 4.36. The molecule has 3 nitrogen and oxygen atoms in total. The molecule has 1 aromatic rings. The molecule has 6 heteroatoms. The molecule has 14 heavy (non-hydrogen) atoms. The zero-order valence-corrected chi connectivity index (χ0v) is 8.35. The predicted octanol–water partition coefficient (Wildman–Crippen LogP) is 2.19. The van der Waals surface area contributed by atoms with E-state index < -0.39 is 24.2 Å². The zero-order valence-electron chi connectivity index (χ0n) is 6.76. The lowest BCUT2D eigenvalue weighted by molar-refractivity contribution is -0.139. The van der Waals surface area contributed by atoms with E-state index in [0.717, 1.165) is 12.1 Å². The molecule has 0 bridgehead atoms. The fraction of sp³-hybridized carbons (Fsp3) is 0.125. The van der Waals surface area contributed by atoms with Crippen LogP contribution in [0.25, 0.3) is 0 Å². The Kier molecular flexibility index (Phi) is 3.40. The third-order valence-electron chi connectivity index (χ3n) is 1.35. The minimum absolute atomic E-state index is 0.305. The molecular formula is C8H5BrF2O3. The van der Waals surface area contributed by atoms with Gasteiger partial charge in [0.2, 0.25) is 0 Å². The van der Waals surface area contributed by atoms with Crippen LogP contribution < -0.4 is 4.74 Å². The van der Waals surface area contributed by atoms with Crippen LogP contribution in [-0.2, 0) is 4.79 Å². The highest BCUT2D eigenvalue weighted by Crippen LogP contribution is 2.27. The number of halogens is 3. The van der Waals surface area contributed by atoms with Crippen molar-refractivity contribution in [3.63, 3.8) is 0 Å². The summed E-state index contributed by atoms with van der Waals surface area (Å²) in [4.78, 5) is 10.1. The normalized spacial score (nSPS) is 9.93. The van der Waals surface area contributed by atoms with Crippen LogP contribution in [0.5, 0.6) is 5.75 Å². The van der Waals surface area contributed by atoms with Gasteiger partial charge in [-0.15, -0.1) is 0 Å². The van der Waals surface area contributed by atoms with Crippen molar-refractivity contribution in [3.8, 4) is 5.75 Å². The summed E-state index contributed by atoms with van der Waals surface area (Å²) >= 11 is 2.66. The van der Waals surface area contributed by atoms with Crippen molar-refractivity contribution in [2.24, 2.45) is 0 Å². The van der Waals surface area contributed by atoms with E-state index in [9.17, 15) is 13.6 Å². The molecule has 0 radical (unpaired) electrons. The number of aliphatic carboxylic acids is 1. The Hall–Kier alpha value is -1.17. The van der Waals surface area contributed by atoms with Gasteiger partial charge in [0.1, 0.15) is 5.82 Å². The summed E-state index contributed by atoms with van der Waals surface area (Å²) in [6, 6.07) is 2.00. The summed E-state index contributed by atoms with van der Waals surface area (Å²) in [5.41, 5.74) is 0.